The second-order valence-electron chi connectivity index (χ2n) is 6.26. The Bertz CT molecular complexity index is 761. The summed E-state index contributed by atoms with van der Waals surface area (Å²) in [6, 6.07) is 5.65. The molecule has 1 aliphatic carbocycles. The Morgan fingerprint density at radius 1 is 1.17 bits per heavy atom. The number of H-pyrrole nitrogens is 2. The van der Waals surface area contributed by atoms with Gasteiger partial charge in [-0.05, 0) is 43.6 Å². The van der Waals surface area contributed by atoms with Gasteiger partial charge in [-0.25, -0.2) is 4.79 Å². The number of hydrogen-bond donors (Lipinski definition) is 2. The number of thiophene rings is 1. The normalized spacial score (nSPS) is 14.8. The molecule has 0 unspecified atom stereocenters. The Labute approximate surface area is 145 Å². The number of nitrogens with one attached hydrogen (secondary N) is 2. The van der Waals surface area contributed by atoms with Gasteiger partial charge in [-0.1, -0.05) is 17.7 Å². The lowest BCUT2D eigenvalue weighted by Crippen LogP contribution is -2.29. The Morgan fingerprint density at radius 3 is 2.79 bits per heavy atom. The van der Waals surface area contributed by atoms with Crippen LogP contribution in [0.4, 0.5) is 0 Å². The summed E-state index contributed by atoms with van der Waals surface area (Å²) < 4.78 is 0. The van der Waals surface area contributed by atoms with Crippen molar-refractivity contribution in [2.24, 2.45) is 0 Å². The largest absolute Gasteiger partial charge is 0.325 e. The molecule has 0 radical (unpaired) electrons. The van der Waals surface area contributed by atoms with Crippen molar-refractivity contribution >= 4 is 11.3 Å². The third-order valence-corrected chi connectivity index (χ3v) is 5.16. The topological polar surface area (TPSA) is 69.0 Å². The molecule has 0 amide bonds. The van der Waals surface area contributed by atoms with Crippen LogP contribution >= 0.6 is 11.3 Å². The molecule has 0 spiro atoms. The lowest BCUT2D eigenvalue weighted by Gasteiger charge is -2.23. The minimum atomic E-state index is -0.441. The predicted octanol–water partition coefficient (Wildman–Crippen LogP) is 3.02. The Hall–Kier alpha value is -1.92. The molecule has 0 aliphatic heterocycles. The lowest BCUT2D eigenvalue weighted by molar-refractivity contribution is 0.257. The highest BCUT2D eigenvalue weighted by atomic mass is 32.1. The van der Waals surface area contributed by atoms with Crippen molar-refractivity contribution in [1.82, 2.24) is 14.9 Å². The van der Waals surface area contributed by atoms with Crippen LogP contribution in [0.1, 0.15) is 42.7 Å². The van der Waals surface area contributed by atoms with Crippen LogP contribution < -0.4 is 11.2 Å². The standard InChI is InChI=1S/C18H23N3O2S/c22-17-11-15(19-18(23)20-17)12-21(13-16-7-4-10-24-16)9-8-14-5-2-1-3-6-14/h4-5,7,10-11H,1-3,6,8-9,12-13H2,(H2,19,20,22,23). The van der Waals surface area contributed by atoms with Gasteiger partial charge in [0.15, 0.2) is 0 Å². The van der Waals surface area contributed by atoms with Crippen molar-refractivity contribution in [2.75, 3.05) is 6.54 Å². The zero-order valence-corrected chi connectivity index (χ0v) is 14.5. The third kappa shape index (κ3) is 5.04. The van der Waals surface area contributed by atoms with Gasteiger partial charge in [0.1, 0.15) is 0 Å². The fourth-order valence-corrected chi connectivity index (χ4v) is 3.86. The van der Waals surface area contributed by atoms with E-state index in [1.807, 2.05) is 0 Å². The maximum Gasteiger partial charge on any atom is 0.325 e. The molecule has 0 saturated heterocycles. The molecule has 2 heterocycles. The number of hydrogen-bond acceptors (Lipinski definition) is 4. The van der Waals surface area contributed by atoms with Crippen LogP contribution in [-0.4, -0.2) is 21.4 Å². The number of aromatic amines is 2. The van der Waals surface area contributed by atoms with Crippen molar-refractivity contribution in [2.45, 2.75) is 45.2 Å². The highest BCUT2D eigenvalue weighted by molar-refractivity contribution is 7.09. The zero-order chi connectivity index (χ0) is 16.8. The molecule has 2 N–H and O–H groups in total. The van der Waals surface area contributed by atoms with Crippen molar-refractivity contribution < 1.29 is 0 Å². The van der Waals surface area contributed by atoms with E-state index in [0.717, 1.165) is 19.5 Å². The van der Waals surface area contributed by atoms with Crippen LogP contribution in [-0.2, 0) is 13.1 Å². The SMILES string of the molecule is O=c1cc(CN(CCC2=CCCCC2)Cc2cccs2)[nH]c(=O)[nH]1. The molecule has 24 heavy (non-hydrogen) atoms. The molecule has 1 aliphatic rings. The van der Waals surface area contributed by atoms with Gasteiger partial charge >= 0.3 is 5.69 Å². The van der Waals surface area contributed by atoms with Crippen LogP contribution in [0.15, 0.2) is 44.8 Å². The Kier molecular flexibility index (Phi) is 5.82. The minimum absolute atomic E-state index is 0.347. The molecule has 6 heteroatoms. The van der Waals surface area contributed by atoms with E-state index in [2.05, 4.69) is 38.5 Å². The number of allylic oxidation sites excluding steroid dienone is 1. The maximum absolute atomic E-state index is 11.5. The smallest absolute Gasteiger partial charge is 0.310 e. The van der Waals surface area contributed by atoms with Gasteiger partial charge < -0.3 is 4.98 Å². The summed E-state index contributed by atoms with van der Waals surface area (Å²) in [4.78, 5) is 31.5. The van der Waals surface area contributed by atoms with Gasteiger partial charge in [-0.15, -0.1) is 11.3 Å². The molecule has 0 bridgehead atoms. The van der Waals surface area contributed by atoms with Gasteiger partial charge in [-0.2, -0.15) is 0 Å². The minimum Gasteiger partial charge on any atom is -0.310 e. The van der Waals surface area contributed by atoms with E-state index in [1.165, 1.54) is 42.2 Å². The molecule has 3 rings (SSSR count). The second-order valence-corrected chi connectivity index (χ2v) is 7.29. The Morgan fingerprint density at radius 2 is 2.08 bits per heavy atom. The summed E-state index contributed by atoms with van der Waals surface area (Å²) in [5.41, 5.74) is 1.41. The molecule has 5 nitrogen and oxygen atoms in total. The average Bonchev–Trinajstić information content (AvgIpc) is 3.06. The summed E-state index contributed by atoms with van der Waals surface area (Å²) in [6.07, 6.45) is 8.42. The maximum atomic E-state index is 11.5. The first-order chi connectivity index (χ1) is 11.7. The van der Waals surface area contributed by atoms with E-state index in [0.29, 0.717) is 12.2 Å². The molecule has 0 atom stereocenters. The Balaban J connectivity index is 1.69. The molecule has 2 aromatic heterocycles. The summed E-state index contributed by atoms with van der Waals surface area (Å²) in [7, 11) is 0. The highest BCUT2D eigenvalue weighted by Crippen LogP contribution is 2.21. The van der Waals surface area contributed by atoms with E-state index < -0.39 is 5.69 Å². The van der Waals surface area contributed by atoms with Gasteiger partial charge in [0, 0.05) is 36.3 Å². The third-order valence-electron chi connectivity index (χ3n) is 4.30. The summed E-state index contributed by atoms with van der Waals surface area (Å²) in [5, 5.41) is 2.08. The molecule has 0 fully saturated rings. The van der Waals surface area contributed by atoms with Crippen LogP contribution in [0.3, 0.4) is 0 Å². The monoisotopic (exact) mass is 345 g/mol. The molecular formula is C18H23N3O2S. The van der Waals surface area contributed by atoms with Crippen LogP contribution in [0, 0.1) is 0 Å². The molecular weight excluding hydrogens is 322 g/mol. The summed E-state index contributed by atoms with van der Waals surface area (Å²) in [5.74, 6) is 0. The fraction of sp³-hybridized carbons (Fsp3) is 0.444. The van der Waals surface area contributed by atoms with Gasteiger partial charge in [0.05, 0.1) is 0 Å². The van der Waals surface area contributed by atoms with Gasteiger partial charge in [0.2, 0.25) is 0 Å². The number of aromatic nitrogens is 2. The highest BCUT2D eigenvalue weighted by Gasteiger charge is 2.11. The first-order valence-corrected chi connectivity index (χ1v) is 9.32. The van der Waals surface area contributed by atoms with Crippen LogP contribution in [0.2, 0.25) is 0 Å². The van der Waals surface area contributed by atoms with Crippen molar-refractivity contribution in [3.05, 3.63) is 66.6 Å². The van der Waals surface area contributed by atoms with E-state index >= 15 is 0 Å². The van der Waals surface area contributed by atoms with Crippen molar-refractivity contribution in [1.29, 1.82) is 0 Å². The first kappa shape index (κ1) is 16.9. The molecule has 0 aromatic carbocycles. The average molecular weight is 345 g/mol. The number of rotatable bonds is 7. The lowest BCUT2D eigenvalue weighted by atomic mass is 9.97. The van der Waals surface area contributed by atoms with Gasteiger partial charge in [-0.3, -0.25) is 14.7 Å². The summed E-state index contributed by atoms with van der Waals surface area (Å²) >= 11 is 1.73. The first-order valence-electron chi connectivity index (χ1n) is 8.44. The molecule has 0 saturated carbocycles. The van der Waals surface area contributed by atoms with Crippen molar-refractivity contribution in [3.8, 4) is 0 Å². The second kappa shape index (κ2) is 8.26. The van der Waals surface area contributed by atoms with E-state index in [1.54, 1.807) is 11.3 Å². The quantitative estimate of drug-likeness (QED) is 0.758. The van der Waals surface area contributed by atoms with Crippen LogP contribution in [0.25, 0.3) is 0 Å². The van der Waals surface area contributed by atoms with E-state index in [-0.39, 0.29) is 5.56 Å². The zero-order valence-electron chi connectivity index (χ0n) is 13.7. The summed E-state index contributed by atoms with van der Waals surface area (Å²) in [6.45, 7) is 2.34. The van der Waals surface area contributed by atoms with Crippen molar-refractivity contribution in [3.63, 3.8) is 0 Å². The van der Waals surface area contributed by atoms with E-state index in [9.17, 15) is 9.59 Å². The predicted molar refractivity (Wildman–Crippen MR) is 97.3 cm³/mol. The molecule has 128 valence electrons. The molecule has 2 aromatic rings. The fourth-order valence-electron chi connectivity index (χ4n) is 3.12. The van der Waals surface area contributed by atoms with Gasteiger partial charge in [0.25, 0.3) is 5.56 Å². The van der Waals surface area contributed by atoms with E-state index in [4.69, 9.17) is 0 Å². The van der Waals surface area contributed by atoms with Crippen LogP contribution in [0.5, 0.6) is 0 Å². The number of nitrogens with zero attached hydrogens (tertiary/aromatic N) is 1.